The molecule has 0 amide bonds. The number of hydrogen-bond donors (Lipinski definition) is 1. The number of allylic oxidation sites excluding steroid dienone is 12. The number of likely N-dealkylation sites (N-methyl/N-ethyl adjacent to an activating group) is 1. The van der Waals surface area contributed by atoms with Gasteiger partial charge < -0.3 is 18.9 Å². The fraction of sp³-hybridized carbons (Fsp3) is 0.731. The molecule has 0 rings (SSSR count). The Morgan fingerprint density at radius 2 is 0.903 bits per heavy atom. The summed E-state index contributed by atoms with van der Waals surface area (Å²) in [5.41, 5.74) is 0. The van der Waals surface area contributed by atoms with Crippen molar-refractivity contribution in [3.05, 3.63) is 72.9 Å². The van der Waals surface area contributed by atoms with Crippen LogP contribution in [0.15, 0.2) is 72.9 Å². The van der Waals surface area contributed by atoms with Crippen molar-refractivity contribution in [3.8, 4) is 0 Å². The van der Waals surface area contributed by atoms with E-state index in [1.807, 2.05) is 33.3 Å². The number of phosphoric ester groups is 1. The Morgan fingerprint density at radius 1 is 0.500 bits per heavy atom. The molecule has 0 saturated heterocycles. The van der Waals surface area contributed by atoms with Crippen molar-refractivity contribution >= 4 is 19.8 Å². The molecule has 0 aliphatic heterocycles. The molecule has 358 valence electrons. The molecule has 2 atom stereocenters. The van der Waals surface area contributed by atoms with E-state index in [1.165, 1.54) is 109 Å². The van der Waals surface area contributed by atoms with Gasteiger partial charge >= 0.3 is 19.8 Å². The molecule has 0 aliphatic rings. The Labute approximate surface area is 380 Å². The molecule has 0 aromatic carbocycles. The maximum atomic E-state index is 12.7. The minimum Gasteiger partial charge on any atom is -0.462 e. The summed E-state index contributed by atoms with van der Waals surface area (Å²) in [5, 5.41) is 0. The number of quaternary nitrogens is 1. The zero-order valence-corrected chi connectivity index (χ0v) is 41.2. The molecule has 0 heterocycles. The van der Waals surface area contributed by atoms with Crippen molar-refractivity contribution in [1.82, 2.24) is 0 Å². The summed E-state index contributed by atoms with van der Waals surface area (Å²) in [5.74, 6) is -0.895. The van der Waals surface area contributed by atoms with Crippen LogP contribution < -0.4 is 0 Å². The van der Waals surface area contributed by atoms with Crippen molar-refractivity contribution in [2.24, 2.45) is 0 Å². The van der Waals surface area contributed by atoms with Gasteiger partial charge in [0.2, 0.25) is 0 Å². The van der Waals surface area contributed by atoms with Gasteiger partial charge in [0.1, 0.15) is 19.8 Å². The molecule has 1 unspecified atom stereocenters. The molecule has 1 N–H and O–H groups in total. The summed E-state index contributed by atoms with van der Waals surface area (Å²) in [7, 11) is 1.43. The number of unbranched alkanes of at least 4 members (excludes halogenated alkanes) is 18. The van der Waals surface area contributed by atoms with Crippen molar-refractivity contribution < 1.29 is 42.1 Å². The molecule has 0 fully saturated rings. The molecule has 0 spiro atoms. The van der Waals surface area contributed by atoms with Crippen LogP contribution in [0.3, 0.4) is 0 Å². The summed E-state index contributed by atoms with van der Waals surface area (Å²) < 4.78 is 34.3. The Hall–Kier alpha value is -2.55. The highest BCUT2D eigenvalue weighted by molar-refractivity contribution is 7.47. The lowest BCUT2D eigenvalue weighted by molar-refractivity contribution is -0.870. The van der Waals surface area contributed by atoms with E-state index in [1.54, 1.807) is 0 Å². The fourth-order valence-corrected chi connectivity index (χ4v) is 7.13. The van der Waals surface area contributed by atoms with E-state index >= 15 is 0 Å². The van der Waals surface area contributed by atoms with Gasteiger partial charge in [-0.05, 0) is 57.8 Å². The van der Waals surface area contributed by atoms with Gasteiger partial charge in [0.25, 0.3) is 0 Å². The largest absolute Gasteiger partial charge is 0.472 e. The lowest BCUT2D eigenvalue weighted by atomic mass is 10.0. The number of rotatable bonds is 44. The molecule has 0 aromatic rings. The number of esters is 2. The van der Waals surface area contributed by atoms with Gasteiger partial charge in [0, 0.05) is 12.8 Å². The predicted molar refractivity (Wildman–Crippen MR) is 261 cm³/mol. The van der Waals surface area contributed by atoms with E-state index in [0.29, 0.717) is 17.4 Å². The molecule has 0 saturated carbocycles. The Kier molecular flexibility index (Phi) is 41.9. The molecule has 62 heavy (non-hydrogen) atoms. The first-order valence-corrected chi connectivity index (χ1v) is 26.2. The van der Waals surface area contributed by atoms with Gasteiger partial charge in [-0.1, -0.05) is 196 Å². The van der Waals surface area contributed by atoms with E-state index in [0.717, 1.165) is 51.4 Å². The number of phosphoric acid groups is 1. The number of carbonyl (C=O) groups excluding carboxylic acids is 2. The monoisotopic (exact) mass is 891 g/mol. The first-order chi connectivity index (χ1) is 30.0. The van der Waals surface area contributed by atoms with Crippen molar-refractivity contribution in [3.63, 3.8) is 0 Å². The SMILES string of the molecule is CCCCCC/C=C\C/C=C\C/C=C\C/C=C\C/C=C\C/C=C\CCC(=O)O[C@H](COC(=O)CCCCCCCCCCCCCCCCC)COP(=O)(O)OCC[N+](C)(C)C. The Morgan fingerprint density at radius 3 is 1.35 bits per heavy atom. The predicted octanol–water partition coefficient (Wildman–Crippen LogP) is 14.6. The number of nitrogens with zero attached hydrogens (tertiary/aromatic N) is 1. The highest BCUT2D eigenvalue weighted by atomic mass is 31.2. The topological polar surface area (TPSA) is 108 Å². The van der Waals surface area contributed by atoms with Crippen LogP contribution in [0.4, 0.5) is 0 Å². The minimum absolute atomic E-state index is 0.0159. The van der Waals surface area contributed by atoms with Crippen molar-refractivity contribution in [2.75, 3.05) is 47.5 Å². The number of carbonyl (C=O) groups is 2. The van der Waals surface area contributed by atoms with Gasteiger partial charge in [-0.15, -0.1) is 0 Å². The van der Waals surface area contributed by atoms with E-state index in [9.17, 15) is 19.0 Å². The van der Waals surface area contributed by atoms with Crippen molar-refractivity contribution in [2.45, 2.75) is 200 Å². The first-order valence-electron chi connectivity index (χ1n) is 24.7. The number of ether oxygens (including phenoxy) is 2. The number of hydrogen-bond acceptors (Lipinski definition) is 7. The summed E-state index contributed by atoms with van der Waals surface area (Å²) in [6.07, 6.45) is 55.4. The third kappa shape index (κ3) is 46.9. The van der Waals surface area contributed by atoms with Crippen LogP contribution >= 0.6 is 7.82 Å². The molecular formula is C52H93NO8P+. The van der Waals surface area contributed by atoms with Gasteiger partial charge in [-0.3, -0.25) is 18.6 Å². The lowest BCUT2D eigenvalue weighted by Gasteiger charge is -2.24. The summed E-state index contributed by atoms with van der Waals surface area (Å²) in [6.45, 7) is 4.32. The third-order valence-electron chi connectivity index (χ3n) is 10.3. The lowest BCUT2D eigenvalue weighted by Crippen LogP contribution is -2.37. The molecule has 9 nitrogen and oxygen atoms in total. The average Bonchev–Trinajstić information content (AvgIpc) is 3.23. The summed E-state index contributed by atoms with van der Waals surface area (Å²) in [6, 6.07) is 0. The van der Waals surface area contributed by atoms with E-state index in [2.05, 4.69) is 74.6 Å². The summed E-state index contributed by atoms with van der Waals surface area (Å²) >= 11 is 0. The highest BCUT2D eigenvalue weighted by Gasteiger charge is 2.27. The van der Waals surface area contributed by atoms with E-state index < -0.39 is 26.5 Å². The minimum atomic E-state index is -4.40. The third-order valence-corrected chi connectivity index (χ3v) is 11.2. The van der Waals surface area contributed by atoms with Crippen molar-refractivity contribution in [1.29, 1.82) is 0 Å². The second-order valence-corrected chi connectivity index (χ2v) is 19.0. The highest BCUT2D eigenvalue weighted by Crippen LogP contribution is 2.43. The molecule has 0 aliphatic carbocycles. The van der Waals surface area contributed by atoms with Crippen LogP contribution in [-0.4, -0.2) is 74.9 Å². The normalized spacial score (nSPS) is 14.1. The maximum absolute atomic E-state index is 12.7. The second kappa shape index (κ2) is 43.7. The zero-order chi connectivity index (χ0) is 45.7. The second-order valence-electron chi connectivity index (χ2n) is 17.5. The fourth-order valence-electron chi connectivity index (χ4n) is 6.39. The Bertz CT molecular complexity index is 1280. The van der Waals surface area contributed by atoms with Crippen LogP contribution in [0.1, 0.15) is 194 Å². The van der Waals surface area contributed by atoms with Crippen LogP contribution in [-0.2, 0) is 32.7 Å². The maximum Gasteiger partial charge on any atom is 0.472 e. The molecule has 0 radical (unpaired) electrons. The van der Waals surface area contributed by atoms with Crippen LogP contribution in [0.25, 0.3) is 0 Å². The van der Waals surface area contributed by atoms with Crippen LogP contribution in [0.5, 0.6) is 0 Å². The zero-order valence-electron chi connectivity index (χ0n) is 40.3. The molecule has 0 bridgehead atoms. The Balaban J connectivity index is 4.43. The quantitative estimate of drug-likeness (QED) is 0.0212. The average molecular weight is 891 g/mol. The molecular weight excluding hydrogens is 798 g/mol. The summed E-state index contributed by atoms with van der Waals surface area (Å²) in [4.78, 5) is 35.4. The molecule has 0 aromatic heterocycles. The van der Waals surface area contributed by atoms with Crippen LogP contribution in [0, 0.1) is 0 Å². The van der Waals surface area contributed by atoms with Gasteiger partial charge in [0.05, 0.1) is 27.7 Å². The van der Waals surface area contributed by atoms with Gasteiger partial charge in [-0.2, -0.15) is 0 Å². The van der Waals surface area contributed by atoms with E-state index in [4.69, 9.17) is 18.5 Å². The van der Waals surface area contributed by atoms with Gasteiger partial charge in [-0.25, -0.2) is 4.57 Å². The van der Waals surface area contributed by atoms with E-state index in [-0.39, 0.29) is 32.0 Å². The standard InChI is InChI=1S/C52H92NO8P/c1-6-8-10-12-14-16-18-20-22-23-24-25-26-27-28-29-31-33-35-37-39-41-43-45-52(55)61-50(49-60-62(56,57)59-47-46-53(3,4)5)48-58-51(54)44-42-40-38-36-34-32-30-21-19-17-15-13-11-9-7-2/h16,18,22-23,25-26,28-29,33,35,39,41,50H,6-15,17,19-21,24,27,30-32,34,36-38,40,42-49H2,1-5H3/p+1/b18-16-,23-22-,26-25-,29-28-,35-33-,41-39-/t50-/m1/s1. The smallest absolute Gasteiger partial charge is 0.462 e. The van der Waals surface area contributed by atoms with Gasteiger partial charge in [0.15, 0.2) is 6.10 Å². The first kappa shape index (κ1) is 59.5. The van der Waals surface area contributed by atoms with Crippen LogP contribution in [0.2, 0.25) is 0 Å². The molecule has 10 heteroatoms.